The molecule has 0 bridgehead atoms. The van der Waals surface area contributed by atoms with E-state index in [1.165, 1.54) is 0 Å². The molecule has 0 saturated carbocycles. The molecule has 4 nitrogen and oxygen atoms in total. The highest BCUT2D eigenvalue weighted by Gasteiger charge is 2.33. The molecule has 1 atom stereocenters. The van der Waals surface area contributed by atoms with Crippen molar-refractivity contribution in [1.82, 2.24) is 4.90 Å². The Morgan fingerprint density at radius 2 is 2.25 bits per heavy atom. The number of hydrogen-bond donors (Lipinski definition) is 1. The van der Waals surface area contributed by atoms with Gasteiger partial charge in [0.1, 0.15) is 6.04 Å². The van der Waals surface area contributed by atoms with E-state index >= 15 is 0 Å². The Morgan fingerprint density at radius 1 is 1.50 bits per heavy atom. The van der Waals surface area contributed by atoms with E-state index in [2.05, 4.69) is 5.32 Å². The summed E-state index contributed by atoms with van der Waals surface area (Å²) in [5, 5.41) is 3.32. The van der Waals surface area contributed by atoms with Gasteiger partial charge in [0.05, 0.1) is 16.6 Å². The maximum Gasteiger partial charge on any atom is 0.248 e. The molecule has 1 aliphatic rings. The Balaban J connectivity index is 2.09. The van der Waals surface area contributed by atoms with Crippen LogP contribution in [0.25, 0.3) is 0 Å². The van der Waals surface area contributed by atoms with E-state index in [1.807, 2.05) is 13.0 Å². The maximum absolute atomic E-state index is 12.3. The van der Waals surface area contributed by atoms with Crippen molar-refractivity contribution in [1.29, 1.82) is 0 Å². The summed E-state index contributed by atoms with van der Waals surface area (Å²) in [6, 6.07) is 5.06. The van der Waals surface area contributed by atoms with Crippen LogP contribution in [0.5, 0.6) is 0 Å². The number of hydrogen-bond acceptors (Lipinski definition) is 3. The SMILES string of the molecule is CCC(=O)N1CSCC1C(=O)Nc1ccc(C)cc1Cl. The Bertz CT molecular complexity index is 536. The zero-order valence-electron chi connectivity index (χ0n) is 11.5. The Kier molecular flexibility index (Phi) is 4.94. The third-order valence-corrected chi connectivity index (χ3v) is 4.52. The predicted octanol–water partition coefficient (Wildman–Crippen LogP) is 2.90. The molecule has 0 aromatic heterocycles. The second kappa shape index (κ2) is 6.50. The largest absolute Gasteiger partial charge is 0.323 e. The quantitative estimate of drug-likeness (QED) is 0.933. The normalized spacial score (nSPS) is 18.1. The molecule has 2 rings (SSSR count). The van der Waals surface area contributed by atoms with Gasteiger partial charge in [-0.1, -0.05) is 24.6 Å². The molecule has 1 aromatic carbocycles. The molecule has 1 saturated heterocycles. The summed E-state index contributed by atoms with van der Waals surface area (Å²) < 4.78 is 0. The second-order valence-corrected chi connectivity index (χ2v) is 6.11. The van der Waals surface area contributed by atoms with Crippen molar-refractivity contribution in [3.8, 4) is 0 Å². The van der Waals surface area contributed by atoms with Crippen LogP contribution >= 0.6 is 23.4 Å². The van der Waals surface area contributed by atoms with Gasteiger partial charge < -0.3 is 10.2 Å². The zero-order valence-corrected chi connectivity index (χ0v) is 13.1. The van der Waals surface area contributed by atoms with Crippen molar-refractivity contribution in [3.05, 3.63) is 28.8 Å². The Labute approximate surface area is 127 Å². The Morgan fingerprint density at radius 3 is 2.90 bits per heavy atom. The molecule has 6 heteroatoms. The second-order valence-electron chi connectivity index (χ2n) is 4.71. The van der Waals surface area contributed by atoms with Gasteiger partial charge in [-0.25, -0.2) is 0 Å². The first-order valence-corrected chi connectivity index (χ1v) is 8.00. The van der Waals surface area contributed by atoms with Crippen LogP contribution in [0.2, 0.25) is 5.02 Å². The fraction of sp³-hybridized carbons (Fsp3) is 0.429. The lowest BCUT2D eigenvalue weighted by Crippen LogP contribution is -2.44. The molecule has 1 N–H and O–H groups in total. The molecule has 1 heterocycles. The van der Waals surface area contributed by atoms with Gasteiger partial charge in [0, 0.05) is 12.2 Å². The molecule has 0 aliphatic carbocycles. The maximum atomic E-state index is 12.3. The first kappa shape index (κ1) is 15.2. The van der Waals surface area contributed by atoms with Crippen molar-refractivity contribution in [2.24, 2.45) is 0 Å². The van der Waals surface area contributed by atoms with Crippen molar-refractivity contribution in [2.45, 2.75) is 26.3 Å². The van der Waals surface area contributed by atoms with Gasteiger partial charge >= 0.3 is 0 Å². The molecule has 0 radical (unpaired) electrons. The predicted molar refractivity (Wildman–Crippen MR) is 83.1 cm³/mol. The number of carbonyl (C=O) groups excluding carboxylic acids is 2. The standard InChI is InChI=1S/C14H17ClN2O2S/c1-3-13(18)17-8-20-7-12(17)14(19)16-11-5-4-9(2)6-10(11)15/h4-6,12H,3,7-8H2,1-2H3,(H,16,19). The number of nitrogens with zero attached hydrogens (tertiary/aromatic N) is 1. The number of anilines is 1. The lowest BCUT2D eigenvalue weighted by molar-refractivity contribution is -0.135. The van der Waals surface area contributed by atoms with Gasteiger partial charge in [-0.15, -0.1) is 11.8 Å². The first-order chi connectivity index (χ1) is 9.52. The van der Waals surface area contributed by atoms with Crippen LogP contribution in [-0.4, -0.2) is 34.4 Å². The summed E-state index contributed by atoms with van der Waals surface area (Å²) in [7, 11) is 0. The van der Waals surface area contributed by atoms with Gasteiger partial charge in [-0.2, -0.15) is 0 Å². The van der Waals surface area contributed by atoms with Gasteiger partial charge in [-0.05, 0) is 24.6 Å². The molecular weight excluding hydrogens is 296 g/mol. The van der Waals surface area contributed by atoms with Crippen molar-refractivity contribution >= 4 is 40.9 Å². The van der Waals surface area contributed by atoms with Crippen LogP contribution in [0.15, 0.2) is 18.2 Å². The number of amides is 2. The first-order valence-electron chi connectivity index (χ1n) is 6.47. The Hall–Kier alpha value is -1.20. The summed E-state index contributed by atoms with van der Waals surface area (Å²) in [5.74, 6) is 1.03. The van der Waals surface area contributed by atoms with Gasteiger partial charge in [-0.3, -0.25) is 9.59 Å². The number of halogens is 1. The van der Waals surface area contributed by atoms with Gasteiger partial charge in [0.2, 0.25) is 11.8 Å². The number of aryl methyl sites for hydroxylation is 1. The van der Waals surface area contributed by atoms with E-state index in [0.717, 1.165) is 5.56 Å². The summed E-state index contributed by atoms with van der Waals surface area (Å²) in [6.07, 6.45) is 0.412. The van der Waals surface area contributed by atoms with E-state index in [9.17, 15) is 9.59 Å². The van der Waals surface area contributed by atoms with Gasteiger partial charge in [0.15, 0.2) is 0 Å². The number of nitrogens with one attached hydrogen (secondary N) is 1. The number of rotatable bonds is 3. The molecule has 1 aromatic rings. The average Bonchev–Trinajstić information content (AvgIpc) is 2.90. The van der Waals surface area contributed by atoms with Crippen molar-refractivity contribution in [3.63, 3.8) is 0 Å². The molecule has 1 fully saturated rings. The van der Waals surface area contributed by atoms with Crippen LogP contribution in [0, 0.1) is 6.92 Å². The lowest BCUT2D eigenvalue weighted by Gasteiger charge is -2.22. The fourth-order valence-corrected chi connectivity index (χ4v) is 3.51. The summed E-state index contributed by atoms with van der Waals surface area (Å²) in [4.78, 5) is 25.7. The minimum atomic E-state index is -0.412. The fourth-order valence-electron chi connectivity index (χ4n) is 2.05. The number of thioether (sulfide) groups is 1. The van der Waals surface area contributed by atoms with Crippen LogP contribution in [0.3, 0.4) is 0 Å². The minimum absolute atomic E-state index is 0.00477. The van der Waals surface area contributed by atoms with Crippen LogP contribution < -0.4 is 5.32 Å². The lowest BCUT2D eigenvalue weighted by atomic mass is 10.2. The van der Waals surface area contributed by atoms with E-state index < -0.39 is 6.04 Å². The zero-order chi connectivity index (χ0) is 14.7. The minimum Gasteiger partial charge on any atom is -0.323 e. The van der Waals surface area contributed by atoms with Crippen LogP contribution in [0.4, 0.5) is 5.69 Å². The smallest absolute Gasteiger partial charge is 0.248 e. The third kappa shape index (κ3) is 3.27. The number of carbonyl (C=O) groups is 2. The summed E-state index contributed by atoms with van der Waals surface area (Å²) in [6.45, 7) is 3.74. The third-order valence-electron chi connectivity index (χ3n) is 3.19. The van der Waals surface area contributed by atoms with E-state index in [0.29, 0.717) is 28.8 Å². The molecule has 108 valence electrons. The molecule has 1 unspecified atom stereocenters. The van der Waals surface area contributed by atoms with Crippen molar-refractivity contribution in [2.75, 3.05) is 16.9 Å². The summed E-state index contributed by atoms with van der Waals surface area (Å²) in [5.41, 5.74) is 1.62. The highest BCUT2D eigenvalue weighted by molar-refractivity contribution is 7.99. The van der Waals surface area contributed by atoms with E-state index in [-0.39, 0.29) is 11.8 Å². The van der Waals surface area contributed by atoms with E-state index in [4.69, 9.17) is 11.6 Å². The molecule has 20 heavy (non-hydrogen) atoms. The molecule has 0 spiro atoms. The average molecular weight is 313 g/mol. The summed E-state index contributed by atoms with van der Waals surface area (Å²) >= 11 is 7.70. The molecule has 1 aliphatic heterocycles. The molecule has 2 amide bonds. The van der Waals surface area contributed by atoms with Crippen molar-refractivity contribution < 1.29 is 9.59 Å². The van der Waals surface area contributed by atoms with Crippen LogP contribution in [-0.2, 0) is 9.59 Å². The topological polar surface area (TPSA) is 49.4 Å². The monoisotopic (exact) mass is 312 g/mol. The van der Waals surface area contributed by atoms with Crippen LogP contribution in [0.1, 0.15) is 18.9 Å². The van der Waals surface area contributed by atoms with Gasteiger partial charge in [0.25, 0.3) is 0 Å². The van der Waals surface area contributed by atoms with E-state index in [1.54, 1.807) is 35.7 Å². The number of benzene rings is 1. The highest BCUT2D eigenvalue weighted by Crippen LogP contribution is 2.26. The molecular formula is C14H17ClN2O2S. The highest BCUT2D eigenvalue weighted by atomic mass is 35.5.